The fraction of sp³-hybridized carbons (Fsp3) is 0.412. The Balaban J connectivity index is 1.35. The van der Waals surface area contributed by atoms with E-state index in [0.717, 1.165) is 25.7 Å². The van der Waals surface area contributed by atoms with Gasteiger partial charge in [-0.15, -0.1) is 0 Å². The lowest BCUT2D eigenvalue weighted by Crippen LogP contribution is -2.42. The van der Waals surface area contributed by atoms with Crippen LogP contribution in [0.1, 0.15) is 23.1 Å². The number of hydrogen-bond acceptors (Lipinski definition) is 2. The number of fused-ring (bicyclic) bond motifs is 1. The quantitative estimate of drug-likeness (QED) is 0.827. The van der Waals surface area contributed by atoms with E-state index < -0.39 is 0 Å². The zero-order valence-electron chi connectivity index (χ0n) is 12.9. The van der Waals surface area contributed by atoms with Gasteiger partial charge < -0.3 is 10.6 Å². The highest BCUT2D eigenvalue weighted by Crippen LogP contribution is 2.21. The number of aromatic nitrogens is 2. The van der Waals surface area contributed by atoms with Gasteiger partial charge in [0.15, 0.2) is 0 Å². The number of hydrogen-bond donors (Lipinski definition) is 2. The minimum absolute atomic E-state index is 0.0657. The Kier molecular flexibility index (Phi) is 4.42. The maximum atomic E-state index is 11.9. The third-order valence-electron chi connectivity index (χ3n) is 4.07. The van der Waals surface area contributed by atoms with E-state index in [1.165, 1.54) is 16.7 Å². The Morgan fingerprint density at radius 1 is 1.32 bits per heavy atom. The van der Waals surface area contributed by atoms with Gasteiger partial charge in [0.2, 0.25) is 0 Å². The molecular weight excluding hydrogens is 276 g/mol. The first-order valence-corrected chi connectivity index (χ1v) is 7.79. The number of aryl methyl sites for hydroxylation is 2. The van der Waals surface area contributed by atoms with Crippen LogP contribution < -0.4 is 10.6 Å². The molecule has 5 heteroatoms. The van der Waals surface area contributed by atoms with Gasteiger partial charge in [-0.05, 0) is 42.4 Å². The highest BCUT2D eigenvalue weighted by atomic mass is 16.2. The number of amides is 2. The summed E-state index contributed by atoms with van der Waals surface area (Å²) in [5.74, 6) is 0. The highest BCUT2D eigenvalue weighted by Gasteiger charge is 2.21. The van der Waals surface area contributed by atoms with Gasteiger partial charge in [-0.1, -0.05) is 24.3 Å². The predicted octanol–water partition coefficient (Wildman–Crippen LogP) is 1.82. The Bertz CT molecular complexity index is 625. The predicted molar refractivity (Wildman–Crippen MR) is 85.7 cm³/mol. The molecule has 22 heavy (non-hydrogen) atoms. The van der Waals surface area contributed by atoms with Crippen molar-refractivity contribution < 1.29 is 4.79 Å². The molecule has 1 aromatic heterocycles. The van der Waals surface area contributed by atoms with Crippen LogP contribution in [0, 0.1) is 0 Å². The number of carbonyl (C=O) groups excluding carboxylic acids is 1. The number of urea groups is 1. The lowest BCUT2D eigenvalue weighted by atomic mass is 10.1. The molecule has 5 nitrogen and oxygen atoms in total. The zero-order valence-corrected chi connectivity index (χ0v) is 12.9. The number of carbonyl (C=O) groups is 1. The summed E-state index contributed by atoms with van der Waals surface area (Å²) in [6.07, 6.45) is 7.59. The molecule has 2 N–H and O–H groups in total. The molecule has 0 bridgehead atoms. The number of nitrogens with one attached hydrogen (secondary N) is 2. The molecule has 2 aromatic rings. The van der Waals surface area contributed by atoms with Crippen LogP contribution in [0.3, 0.4) is 0 Å². The molecule has 0 saturated carbocycles. The van der Waals surface area contributed by atoms with Crippen molar-refractivity contribution >= 4 is 6.03 Å². The summed E-state index contributed by atoms with van der Waals surface area (Å²) < 4.78 is 1.80. The topological polar surface area (TPSA) is 59.0 Å². The Morgan fingerprint density at radius 2 is 2.05 bits per heavy atom. The fourth-order valence-electron chi connectivity index (χ4n) is 2.99. The fourth-order valence-corrected chi connectivity index (χ4v) is 2.99. The Labute approximate surface area is 130 Å². The lowest BCUT2D eigenvalue weighted by molar-refractivity contribution is 0.237. The molecule has 0 saturated heterocycles. The van der Waals surface area contributed by atoms with Gasteiger partial charge in [0.25, 0.3) is 0 Å². The van der Waals surface area contributed by atoms with E-state index in [1.807, 2.05) is 19.4 Å². The van der Waals surface area contributed by atoms with Crippen molar-refractivity contribution in [3.63, 3.8) is 0 Å². The third-order valence-corrected chi connectivity index (χ3v) is 4.07. The Morgan fingerprint density at radius 3 is 2.68 bits per heavy atom. The van der Waals surface area contributed by atoms with E-state index >= 15 is 0 Å². The van der Waals surface area contributed by atoms with Crippen molar-refractivity contribution in [1.82, 2.24) is 20.4 Å². The molecule has 0 aliphatic heterocycles. The van der Waals surface area contributed by atoms with Crippen molar-refractivity contribution in [2.24, 2.45) is 7.05 Å². The molecule has 1 heterocycles. The molecule has 0 unspecified atom stereocenters. The van der Waals surface area contributed by atoms with Crippen molar-refractivity contribution in [2.75, 3.05) is 6.54 Å². The summed E-state index contributed by atoms with van der Waals surface area (Å²) in [6.45, 7) is 0.681. The van der Waals surface area contributed by atoms with Crippen LogP contribution in [0.2, 0.25) is 0 Å². The minimum atomic E-state index is -0.0657. The average molecular weight is 298 g/mol. The number of nitrogens with zero attached hydrogens (tertiary/aromatic N) is 2. The number of benzene rings is 1. The van der Waals surface area contributed by atoms with Crippen LogP contribution >= 0.6 is 0 Å². The van der Waals surface area contributed by atoms with E-state index in [1.54, 1.807) is 4.68 Å². The summed E-state index contributed by atoms with van der Waals surface area (Å²) >= 11 is 0. The van der Waals surface area contributed by atoms with Crippen LogP contribution in [0.5, 0.6) is 0 Å². The summed E-state index contributed by atoms with van der Waals surface area (Å²) in [5.41, 5.74) is 3.91. The largest absolute Gasteiger partial charge is 0.338 e. The molecule has 0 fully saturated rings. The van der Waals surface area contributed by atoms with Gasteiger partial charge in [0, 0.05) is 25.8 Å². The first-order valence-electron chi connectivity index (χ1n) is 7.79. The van der Waals surface area contributed by atoms with Gasteiger partial charge in [-0.3, -0.25) is 4.68 Å². The first kappa shape index (κ1) is 14.6. The van der Waals surface area contributed by atoms with Crippen molar-refractivity contribution in [1.29, 1.82) is 0 Å². The van der Waals surface area contributed by atoms with E-state index in [2.05, 4.69) is 40.0 Å². The monoisotopic (exact) mass is 298 g/mol. The molecular formula is C17H22N4O. The molecule has 3 rings (SSSR count). The van der Waals surface area contributed by atoms with Crippen LogP contribution in [0.4, 0.5) is 4.79 Å². The minimum Gasteiger partial charge on any atom is -0.338 e. The van der Waals surface area contributed by atoms with E-state index in [0.29, 0.717) is 6.54 Å². The average Bonchev–Trinajstić information content (AvgIpc) is 3.09. The van der Waals surface area contributed by atoms with Gasteiger partial charge in [0.05, 0.1) is 6.20 Å². The zero-order chi connectivity index (χ0) is 15.4. The maximum Gasteiger partial charge on any atom is 0.315 e. The molecule has 1 aliphatic carbocycles. The third kappa shape index (κ3) is 3.67. The van der Waals surface area contributed by atoms with Crippen molar-refractivity contribution in [3.05, 3.63) is 53.3 Å². The molecule has 116 valence electrons. The smallest absolute Gasteiger partial charge is 0.315 e. The van der Waals surface area contributed by atoms with Crippen LogP contribution in [0.15, 0.2) is 36.7 Å². The normalized spacial score (nSPS) is 13.9. The van der Waals surface area contributed by atoms with E-state index in [-0.39, 0.29) is 12.1 Å². The second kappa shape index (κ2) is 6.64. The highest BCUT2D eigenvalue weighted by molar-refractivity contribution is 5.74. The van der Waals surface area contributed by atoms with Gasteiger partial charge >= 0.3 is 6.03 Å². The van der Waals surface area contributed by atoms with Crippen LogP contribution in [-0.2, 0) is 26.3 Å². The van der Waals surface area contributed by atoms with Gasteiger partial charge in [-0.2, -0.15) is 5.10 Å². The molecule has 1 aliphatic rings. The summed E-state index contributed by atoms with van der Waals surface area (Å²) in [7, 11) is 1.91. The summed E-state index contributed by atoms with van der Waals surface area (Å²) in [6, 6.07) is 8.55. The summed E-state index contributed by atoms with van der Waals surface area (Å²) in [4.78, 5) is 11.9. The van der Waals surface area contributed by atoms with E-state index in [4.69, 9.17) is 0 Å². The molecule has 0 atom stereocenters. The van der Waals surface area contributed by atoms with Crippen molar-refractivity contribution in [3.8, 4) is 0 Å². The second-order valence-electron chi connectivity index (χ2n) is 5.90. The van der Waals surface area contributed by atoms with Gasteiger partial charge in [0.1, 0.15) is 0 Å². The second-order valence-corrected chi connectivity index (χ2v) is 5.90. The van der Waals surface area contributed by atoms with Gasteiger partial charge in [-0.25, -0.2) is 4.79 Å². The van der Waals surface area contributed by atoms with E-state index in [9.17, 15) is 4.79 Å². The maximum absolute atomic E-state index is 11.9. The Hall–Kier alpha value is -2.30. The first-order chi connectivity index (χ1) is 10.7. The summed E-state index contributed by atoms with van der Waals surface area (Å²) in [5, 5.41) is 10.1. The van der Waals surface area contributed by atoms with Crippen molar-refractivity contribution in [2.45, 2.75) is 31.7 Å². The standard InChI is InChI=1S/C17H22N4O/c1-21-12-13(11-19-21)5-4-8-18-17(22)20-16-9-14-6-2-3-7-15(14)10-16/h2-3,6-7,11-12,16H,4-5,8-10H2,1H3,(H2,18,20,22). The molecule has 2 amide bonds. The lowest BCUT2D eigenvalue weighted by Gasteiger charge is -2.13. The molecule has 0 spiro atoms. The number of rotatable bonds is 5. The molecule has 1 aromatic carbocycles. The van der Waals surface area contributed by atoms with Crippen LogP contribution in [0.25, 0.3) is 0 Å². The molecule has 0 radical (unpaired) electrons. The van der Waals surface area contributed by atoms with Crippen LogP contribution in [-0.4, -0.2) is 28.4 Å². The SMILES string of the molecule is Cn1cc(CCCNC(=O)NC2Cc3ccccc3C2)cn1.